The van der Waals surface area contributed by atoms with Gasteiger partial charge in [0.15, 0.2) is 5.69 Å². The first-order chi connectivity index (χ1) is 10.5. The summed E-state index contributed by atoms with van der Waals surface area (Å²) < 4.78 is 15.6. The number of hydrogen-bond donors (Lipinski definition) is 1. The Bertz CT molecular complexity index is 829. The second-order valence-electron chi connectivity index (χ2n) is 4.50. The minimum Gasteiger partial charge on any atom is -0.476 e. The van der Waals surface area contributed by atoms with Gasteiger partial charge in [-0.25, -0.2) is 13.9 Å². The lowest BCUT2D eigenvalue weighted by molar-refractivity contribution is 0.0690. The first-order valence-electron chi connectivity index (χ1n) is 6.25. The summed E-state index contributed by atoms with van der Waals surface area (Å²) in [5.74, 6) is -1.58. The predicted molar refractivity (Wildman–Crippen MR) is 81.4 cm³/mol. The van der Waals surface area contributed by atoms with Crippen LogP contribution >= 0.6 is 15.9 Å². The third kappa shape index (κ3) is 2.75. The second kappa shape index (κ2) is 5.69. The summed E-state index contributed by atoms with van der Waals surface area (Å²) in [5, 5.41) is 13.2. The number of carboxylic acid groups (broad SMARTS) is 1. The number of hydrogen-bond acceptors (Lipinski definition) is 3. The van der Waals surface area contributed by atoms with Gasteiger partial charge >= 0.3 is 5.97 Å². The average molecular weight is 362 g/mol. The summed E-state index contributed by atoms with van der Waals surface area (Å²) in [7, 11) is 0. The van der Waals surface area contributed by atoms with Crippen molar-refractivity contribution in [1.82, 2.24) is 14.8 Å². The molecule has 7 heteroatoms. The average Bonchev–Trinajstić information content (AvgIpc) is 2.92. The third-order valence-corrected chi connectivity index (χ3v) is 3.44. The Labute approximate surface area is 133 Å². The van der Waals surface area contributed by atoms with E-state index in [1.807, 2.05) is 0 Å². The zero-order valence-corrected chi connectivity index (χ0v) is 12.7. The SMILES string of the molecule is O=C(O)c1cc(-c2cc(F)cc(Br)c2)n(-c2cccnc2)n1. The smallest absolute Gasteiger partial charge is 0.356 e. The number of aromatic carboxylic acids is 1. The maximum absolute atomic E-state index is 13.6. The number of nitrogens with zero attached hydrogens (tertiary/aromatic N) is 3. The molecule has 3 aromatic rings. The van der Waals surface area contributed by atoms with Crippen molar-refractivity contribution in [1.29, 1.82) is 0 Å². The molecule has 0 saturated carbocycles. The van der Waals surface area contributed by atoms with Gasteiger partial charge in [0.25, 0.3) is 0 Å². The van der Waals surface area contributed by atoms with Crippen LogP contribution in [0, 0.1) is 5.82 Å². The molecule has 110 valence electrons. The third-order valence-electron chi connectivity index (χ3n) is 2.98. The van der Waals surface area contributed by atoms with E-state index in [-0.39, 0.29) is 5.69 Å². The van der Waals surface area contributed by atoms with Crippen molar-refractivity contribution in [3.05, 3.63) is 64.8 Å². The molecular weight excluding hydrogens is 353 g/mol. The van der Waals surface area contributed by atoms with Crippen LogP contribution in [0.25, 0.3) is 16.9 Å². The summed E-state index contributed by atoms with van der Waals surface area (Å²) in [6.45, 7) is 0. The van der Waals surface area contributed by atoms with Gasteiger partial charge in [0.05, 0.1) is 17.6 Å². The maximum atomic E-state index is 13.6. The predicted octanol–water partition coefficient (Wildman–Crippen LogP) is 3.53. The summed E-state index contributed by atoms with van der Waals surface area (Å²) in [6, 6.07) is 9.19. The number of benzene rings is 1. The van der Waals surface area contributed by atoms with E-state index >= 15 is 0 Å². The first kappa shape index (κ1) is 14.4. The summed E-state index contributed by atoms with van der Waals surface area (Å²) in [4.78, 5) is 15.2. The number of halogens is 2. The molecule has 2 heterocycles. The van der Waals surface area contributed by atoms with Crippen molar-refractivity contribution >= 4 is 21.9 Å². The van der Waals surface area contributed by atoms with Gasteiger partial charge in [-0.05, 0) is 36.4 Å². The van der Waals surface area contributed by atoms with Gasteiger partial charge in [0.2, 0.25) is 0 Å². The second-order valence-corrected chi connectivity index (χ2v) is 5.42. The summed E-state index contributed by atoms with van der Waals surface area (Å²) in [6.07, 6.45) is 3.15. The Morgan fingerprint density at radius 2 is 2.09 bits per heavy atom. The van der Waals surface area contributed by atoms with Crippen molar-refractivity contribution in [2.75, 3.05) is 0 Å². The highest BCUT2D eigenvalue weighted by molar-refractivity contribution is 9.10. The highest BCUT2D eigenvalue weighted by Gasteiger charge is 2.16. The Morgan fingerprint density at radius 3 is 2.73 bits per heavy atom. The van der Waals surface area contributed by atoms with E-state index < -0.39 is 11.8 Å². The molecule has 1 aromatic carbocycles. The molecule has 0 atom stereocenters. The van der Waals surface area contributed by atoms with E-state index in [4.69, 9.17) is 5.11 Å². The molecule has 0 saturated heterocycles. The van der Waals surface area contributed by atoms with E-state index in [1.165, 1.54) is 22.9 Å². The van der Waals surface area contributed by atoms with Gasteiger partial charge in [0, 0.05) is 16.2 Å². The van der Waals surface area contributed by atoms with Gasteiger partial charge in [-0.15, -0.1) is 0 Å². The van der Waals surface area contributed by atoms with Crippen molar-refractivity contribution in [2.24, 2.45) is 0 Å². The van der Waals surface area contributed by atoms with Gasteiger partial charge in [-0.1, -0.05) is 15.9 Å². The topological polar surface area (TPSA) is 68.0 Å². The molecule has 1 N–H and O–H groups in total. The largest absolute Gasteiger partial charge is 0.476 e. The van der Waals surface area contributed by atoms with Crippen LogP contribution in [0.1, 0.15) is 10.5 Å². The fourth-order valence-corrected chi connectivity index (χ4v) is 2.53. The molecule has 22 heavy (non-hydrogen) atoms. The van der Waals surface area contributed by atoms with Crippen molar-refractivity contribution < 1.29 is 14.3 Å². The van der Waals surface area contributed by atoms with E-state index in [1.54, 1.807) is 30.6 Å². The van der Waals surface area contributed by atoms with Crippen molar-refractivity contribution in [3.63, 3.8) is 0 Å². The van der Waals surface area contributed by atoms with E-state index in [2.05, 4.69) is 26.0 Å². The summed E-state index contributed by atoms with van der Waals surface area (Å²) >= 11 is 3.23. The van der Waals surface area contributed by atoms with Crippen LogP contribution in [0.4, 0.5) is 4.39 Å². The molecule has 0 amide bonds. The van der Waals surface area contributed by atoms with Gasteiger partial charge in [-0.2, -0.15) is 5.10 Å². The molecule has 0 aliphatic heterocycles. The number of carboxylic acids is 1. The lowest BCUT2D eigenvalue weighted by Gasteiger charge is -2.07. The number of rotatable bonds is 3. The standard InChI is InChI=1S/C15H9BrFN3O2/c16-10-4-9(5-11(17)6-10)14-7-13(15(21)22)19-20(14)12-2-1-3-18-8-12/h1-8H,(H,21,22). The maximum Gasteiger partial charge on any atom is 0.356 e. The van der Waals surface area contributed by atoms with Crippen LogP contribution in [-0.2, 0) is 0 Å². The molecule has 0 fully saturated rings. The molecule has 5 nitrogen and oxygen atoms in total. The van der Waals surface area contributed by atoms with Crippen LogP contribution in [0.2, 0.25) is 0 Å². The molecular formula is C15H9BrFN3O2. The first-order valence-corrected chi connectivity index (χ1v) is 7.04. The Balaban J connectivity index is 2.23. The summed E-state index contributed by atoms with van der Waals surface area (Å²) in [5.41, 5.74) is 1.44. The molecule has 3 rings (SSSR count). The monoisotopic (exact) mass is 361 g/mol. The zero-order valence-electron chi connectivity index (χ0n) is 11.1. The molecule has 0 unspecified atom stereocenters. The van der Waals surface area contributed by atoms with Crippen LogP contribution in [0.5, 0.6) is 0 Å². The highest BCUT2D eigenvalue weighted by atomic mass is 79.9. The highest BCUT2D eigenvalue weighted by Crippen LogP contribution is 2.27. The van der Waals surface area contributed by atoms with Gasteiger partial charge in [0.1, 0.15) is 5.82 Å². The number of pyridine rings is 1. The van der Waals surface area contributed by atoms with Crippen LogP contribution in [0.3, 0.4) is 0 Å². The van der Waals surface area contributed by atoms with Crippen LogP contribution < -0.4 is 0 Å². The normalized spacial score (nSPS) is 10.6. The Hall–Kier alpha value is -2.54. The molecule has 2 aromatic heterocycles. The molecule has 0 bridgehead atoms. The molecule has 0 aliphatic carbocycles. The van der Waals surface area contributed by atoms with Crippen LogP contribution in [0.15, 0.2) is 53.3 Å². The zero-order chi connectivity index (χ0) is 15.7. The Kier molecular flexibility index (Phi) is 3.72. The van der Waals surface area contributed by atoms with E-state index in [0.29, 0.717) is 21.4 Å². The molecule has 0 spiro atoms. The van der Waals surface area contributed by atoms with E-state index in [9.17, 15) is 9.18 Å². The van der Waals surface area contributed by atoms with E-state index in [0.717, 1.165) is 0 Å². The van der Waals surface area contributed by atoms with Crippen LogP contribution in [-0.4, -0.2) is 25.8 Å². The fourth-order valence-electron chi connectivity index (χ4n) is 2.07. The number of aromatic nitrogens is 3. The Morgan fingerprint density at radius 1 is 1.27 bits per heavy atom. The minimum atomic E-state index is -1.15. The lowest BCUT2D eigenvalue weighted by Crippen LogP contribution is -2.02. The fraction of sp³-hybridized carbons (Fsp3) is 0. The molecule has 0 aliphatic rings. The number of carbonyl (C=O) groups is 1. The quantitative estimate of drug-likeness (QED) is 0.774. The van der Waals surface area contributed by atoms with Gasteiger partial charge < -0.3 is 5.11 Å². The lowest BCUT2D eigenvalue weighted by atomic mass is 10.1. The van der Waals surface area contributed by atoms with Gasteiger partial charge in [-0.3, -0.25) is 4.98 Å². The molecule has 0 radical (unpaired) electrons. The van der Waals surface area contributed by atoms with Crippen molar-refractivity contribution in [3.8, 4) is 16.9 Å². The minimum absolute atomic E-state index is 0.126. The van der Waals surface area contributed by atoms with Crippen molar-refractivity contribution in [2.45, 2.75) is 0 Å².